The molecule has 2 aromatic carbocycles. The van der Waals surface area contributed by atoms with Gasteiger partial charge in [0.25, 0.3) is 11.8 Å². The molecule has 0 aliphatic carbocycles. The smallest absolute Gasteiger partial charge is 0.338 e. The molecular weight excluding hydrogens is 396 g/mol. The lowest BCUT2D eigenvalue weighted by Gasteiger charge is -2.30. The Morgan fingerprint density at radius 1 is 1.00 bits per heavy atom. The van der Waals surface area contributed by atoms with E-state index < -0.39 is 12.1 Å². The molecule has 0 saturated carbocycles. The van der Waals surface area contributed by atoms with Gasteiger partial charge in [-0.15, -0.1) is 0 Å². The number of hydrogen-bond acceptors (Lipinski definition) is 5. The molecule has 2 amide bonds. The molecule has 4 rings (SSSR count). The average molecular weight is 418 g/mol. The van der Waals surface area contributed by atoms with Gasteiger partial charge < -0.3 is 19.4 Å². The monoisotopic (exact) mass is 418 g/mol. The van der Waals surface area contributed by atoms with Crippen molar-refractivity contribution < 1.29 is 23.5 Å². The third-order valence-electron chi connectivity index (χ3n) is 5.20. The maximum atomic E-state index is 12.8. The summed E-state index contributed by atoms with van der Waals surface area (Å²) in [5, 5.41) is 2.68. The predicted octanol–water partition coefficient (Wildman–Crippen LogP) is 3.66. The average Bonchev–Trinajstić information content (AvgIpc) is 3.34. The van der Waals surface area contributed by atoms with E-state index in [0.29, 0.717) is 24.3 Å². The molecule has 1 aliphatic heterocycles. The van der Waals surface area contributed by atoms with Crippen molar-refractivity contribution in [2.75, 3.05) is 11.9 Å². The molecule has 2 heterocycles. The summed E-state index contributed by atoms with van der Waals surface area (Å²) >= 11 is 0. The topological polar surface area (TPSA) is 88.8 Å². The van der Waals surface area contributed by atoms with E-state index in [0.717, 1.165) is 12.0 Å². The van der Waals surface area contributed by atoms with Gasteiger partial charge in [-0.05, 0) is 60.9 Å². The molecule has 7 nitrogen and oxygen atoms in total. The van der Waals surface area contributed by atoms with Crippen molar-refractivity contribution in [3.63, 3.8) is 0 Å². The van der Waals surface area contributed by atoms with E-state index in [9.17, 15) is 14.4 Å². The van der Waals surface area contributed by atoms with Gasteiger partial charge in [0.15, 0.2) is 11.9 Å². The molecule has 0 radical (unpaired) electrons. The highest BCUT2D eigenvalue weighted by atomic mass is 16.5. The number of fused-ring (bicyclic) bond motifs is 1. The second-order valence-electron chi connectivity index (χ2n) is 7.33. The third kappa shape index (κ3) is 4.66. The summed E-state index contributed by atoms with van der Waals surface area (Å²) in [7, 11) is 0. The molecule has 3 aromatic rings. The second-order valence-corrected chi connectivity index (χ2v) is 7.33. The zero-order valence-electron chi connectivity index (χ0n) is 17.0. The van der Waals surface area contributed by atoms with Gasteiger partial charge in [-0.3, -0.25) is 9.59 Å². The highest BCUT2D eigenvalue weighted by molar-refractivity contribution is 6.02. The number of hydrogen-bond donors (Lipinski definition) is 1. The molecule has 1 aromatic heterocycles. The van der Waals surface area contributed by atoms with Gasteiger partial charge in [-0.2, -0.15) is 0 Å². The van der Waals surface area contributed by atoms with Gasteiger partial charge in [0, 0.05) is 18.8 Å². The van der Waals surface area contributed by atoms with Gasteiger partial charge in [-0.1, -0.05) is 24.3 Å². The summed E-state index contributed by atoms with van der Waals surface area (Å²) in [6, 6.07) is 17.5. The lowest BCUT2D eigenvalue weighted by Crippen LogP contribution is -2.42. The number of esters is 1. The summed E-state index contributed by atoms with van der Waals surface area (Å²) in [5.41, 5.74) is 3.16. The second kappa shape index (κ2) is 8.87. The fraction of sp³-hybridized carbons (Fsp3) is 0.208. The summed E-state index contributed by atoms with van der Waals surface area (Å²) in [4.78, 5) is 38.9. The molecule has 0 fully saturated rings. The van der Waals surface area contributed by atoms with E-state index in [4.69, 9.17) is 9.15 Å². The molecule has 0 saturated heterocycles. The van der Waals surface area contributed by atoms with Crippen LogP contribution in [-0.4, -0.2) is 35.3 Å². The molecule has 158 valence electrons. The lowest BCUT2D eigenvalue weighted by molar-refractivity contribution is -0.140. The molecule has 1 N–H and O–H groups in total. The van der Waals surface area contributed by atoms with Crippen LogP contribution in [0.4, 0.5) is 5.69 Å². The fourth-order valence-electron chi connectivity index (χ4n) is 3.51. The van der Waals surface area contributed by atoms with Crippen LogP contribution >= 0.6 is 0 Å². The minimum absolute atomic E-state index is 0.191. The maximum Gasteiger partial charge on any atom is 0.338 e. The Morgan fingerprint density at radius 2 is 1.74 bits per heavy atom. The van der Waals surface area contributed by atoms with Crippen LogP contribution in [0, 0.1) is 0 Å². The predicted molar refractivity (Wildman–Crippen MR) is 114 cm³/mol. The number of nitrogens with one attached hydrogen (secondary N) is 1. The van der Waals surface area contributed by atoms with E-state index in [1.165, 1.54) is 24.0 Å². The van der Waals surface area contributed by atoms with E-state index in [-0.39, 0.29) is 17.6 Å². The van der Waals surface area contributed by atoms with Crippen LogP contribution in [0.15, 0.2) is 71.3 Å². The van der Waals surface area contributed by atoms with E-state index in [1.54, 1.807) is 36.1 Å². The number of anilines is 1. The summed E-state index contributed by atoms with van der Waals surface area (Å²) in [5.74, 6) is -1.01. The first-order chi connectivity index (χ1) is 15.0. The largest absolute Gasteiger partial charge is 0.459 e. The summed E-state index contributed by atoms with van der Waals surface area (Å²) < 4.78 is 10.4. The number of amides is 2. The molecule has 0 bridgehead atoms. The van der Waals surface area contributed by atoms with Crippen molar-refractivity contribution in [1.29, 1.82) is 0 Å². The number of rotatable bonds is 5. The van der Waals surface area contributed by atoms with Gasteiger partial charge >= 0.3 is 5.97 Å². The van der Waals surface area contributed by atoms with Crippen LogP contribution < -0.4 is 5.32 Å². The zero-order valence-corrected chi connectivity index (χ0v) is 17.0. The Labute approximate surface area is 179 Å². The Balaban J connectivity index is 1.33. The standard InChI is InChI=1S/C24H22N2O5/c1-16(23(28)26-13-12-17-5-2-3-6-19(17)15-26)31-24(29)18-8-10-20(11-9-18)25-22(27)21-7-4-14-30-21/h2-11,14,16H,12-13,15H2,1H3,(H,25,27)/t16-/m0/s1. The van der Waals surface area contributed by atoms with Crippen LogP contribution in [0.5, 0.6) is 0 Å². The molecular formula is C24H22N2O5. The molecule has 7 heteroatoms. The van der Waals surface area contributed by atoms with Crippen molar-refractivity contribution >= 4 is 23.5 Å². The normalized spacial score (nSPS) is 13.8. The van der Waals surface area contributed by atoms with Crippen molar-refractivity contribution in [2.24, 2.45) is 0 Å². The molecule has 0 spiro atoms. The van der Waals surface area contributed by atoms with Gasteiger partial charge in [0.1, 0.15) is 0 Å². The van der Waals surface area contributed by atoms with E-state index in [1.807, 2.05) is 18.2 Å². The zero-order chi connectivity index (χ0) is 21.8. The molecule has 31 heavy (non-hydrogen) atoms. The van der Waals surface area contributed by atoms with E-state index >= 15 is 0 Å². The first-order valence-corrected chi connectivity index (χ1v) is 10.0. The van der Waals surface area contributed by atoms with Crippen molar-refractivity contribution in [2.45, 2.75) is 26.0 Å². The van der Waals surface area contributed by atoms with Gasteiger partial charge in [-0.25, -0.2) is 4.79 Å². The Morgan fingerprint density at radius 3 is 2.45 bits per heavy atom. The highest BCUT2D eigenvalue weighted by Crippen LogP contribution is 2.20. The summed E-state index contributed by atoms with van der Waals surface area (Å²) in [6.45, 7) is 2.70. The maximum absolute atomic E-state index is 12.8. The Hall–Kier alpha value is -3.87. The lowest BCUT2D eigenvalue weighted by atomic mass is 9.99. The van der Waals surface area contributed by atoms with Gasteiger partial charge in [0.05, 0.1) is 11.8 Å². The molecule has 1 aliphatic rings. The van der Waals surface area contributed by atoms with Crippen LogP contribution in [0.1, 0.15) is 39.0 Å². The SMILES string of the molecule is C[C@H](OC(=O)c1ccc(NC(=O)c2ccco2)cc1)C(=O)N1CCc2ccccc2C1. The number of ether oxygens (including phenoxy) is 1. The number of carbonyl (C=O) groups excluding carboxylic acids is 3. The van der Waals surface area contributed by atoms with Crippen molar-refractivity contribution in [3.8, 4) is 0 Å². The first kappa shape index (κ1) is 20.4. The van der Waals surface area contributed by atoms with Crippen LogP contribution in [0.25, 0.3) is 0 Å². The van der Waals surface area contributed by atoms with Crippen LogP contribution in [0.3, 0.4) is 0 Å². The highest BCUT2D eigenvalue weighted by Gasteiger charge is 2.27. The van der Waals surface area contributed by atoms with Crippen molar-refractivity contribution in [3.05, 3.63) is 89.4 Å². The van der Waals surface area contributed by atoms with E-state index in [2.05, 4.69) is 11.4 Å². The number of benzene rings is 2. The number of nitrogens with zero attached hydrogens (tertiary/aromatic N) is 1. The minimum atomic E-state index is -0.893. The van der Waals surface area contributed by atoms with Crippen LogP contribution in [0.2, 0.25) is 0 Å². The first-order valence-electron chi connectivity index (χ1n) is 10.0. The van der Waals surface area contributed by atoms with Crippen LogP contribution in [-0.2, 0) is 22.5 Å². The molecule has 0 unspecified atom stereocenters. The third-order valence-corrected chi connectivity index (χ3v) is 5.20. The fourth-order valence-corrected chi connectivity index (χ4v) is 3.51. The summed E-state index contributed by atoms with van der Waals surface area (Å²) in [6.07, 6.45) is 1.31. The quantitative estimate of drug-likeness (QED) is 0.639. The number of carbonyl (C=O) groups is 3. The minimum Gasteiger partial charge on any atom is -0.459 e. The molecule has 1 atom stereocenters. The van der Waals surface area contributed by atoms with Gasteiger partial charge in [0.2, 0.25) is 0 Å². The number of furan rings is 1. The van der Waals surface area contributed by atoms with Crippen molar-refractivity contribution in [1.82, 2.24) is 4.90 Å². The Kier molecular flexibility index (Phi) is 5.84. The Bertz CT molecular complexity index is 1090.